The number of rotatable bonds is 5. The minimum Gasteiger partial charge on any atom is -0.497 e. The van der Waals surface area contributed by atoms with Gasteiger partial charge in [0.25, 0.3) is 5.91 Å². The first-order valence-electron chi connectivity index (χ1n) is 9.95. The summed E-state index contributed by atoms with van der Waals surface area (Å²) in [4.78, 5) is 27.8. The fourth-order valence-electron chi connectivity index (χ4n) is 3.94. The van der Waals surface area contributed by atoms with E-state index in [2.05, 4.69) is 5.32 Å². The van der Waals surface area contributed by atoms with Crippen molar-refractivity contribution >= 4 is 17.5 Å². The van der Waals surface area contributed by atoms with E-state index in [9.17, 15) is 9.59 Å². The van der Waals surface area contributed by atoms with Gasteiger partial charge in [0.05, 0.1) is 24.9 Å². The third-order valence-corrected chi connectivity index (χ3v) is 5.48. The van der Waals surface area contributed by atoms with E-state index in [4.69, 9.17) is 9.15 Å². The maximum absolute atomic E-state index is 13.1. The molecule has 30 heavy (non-hydrogen) atoms. The van der Waals surface area contributed by atoms with E-state index >= 15 is 0 Å². The number of ether oxygens (including phenoxy) is 1. The number of anilines is 1. The molecule has 4 rings (SSSR count). The molecule has 1 aliphatic heterocycles. The number of benzene rings is 2. The average molecular weight is 404 g/mol. The summed E-state index contributed by atoms with van der Waals surface area (Å²) in [6, 6.07) is 18.9. The lowest BCUT2D eigenvalue weighted by Gasteiger charge is -2.37. The van der Waals surface area contributed by atoms with Crippen LogP contribution in [0, 0.1) is 5.92 Å². The number of hydrogen-bond donors (Lipinski definition) is 1. The summed E-state index contributed by atoms with van der Waals surface area (Å²) in [5.74, 6) is 0.204. The summed E-state index contributed by atoms with van der Waals surface area (Å²) in [5, 5.41) is 2.98. The van der Waals surface area contributed by atoms with Crippen molar-refractivity contribution in [3.63, 3.8) is 0 Å². The van der Waals surface area contributed by atoms with Crippen LogP contribution in [0.4, 0.5) is 5.69 Å². The molecule has 0 spiro atoms. The van der Waals surface area contributed by atoms with Gasteiger partial charge in [-0.15, -0.1) is 0 Å². The highest BCUT2D eigenvalue weighted by atomic mass is 16.5. The van der Waals surface area contributed by atoms with Crippen LogP contribution in [0.15, 0.2) is 77.6 Å². The van der Waals surface area contributed by atoms with Gasteiger partial charge in [0.15, 0.2) is 0 Å². The summed E-state index contributed by atoms with van der Waals surface area (Å²) in [6.07, 6.45) is 3.60. The summed E-state index contributed by atoms with van der Waals surface area (Å²) in [6.45, 7) is 0.931. The van der Waals surface area contributed by atoms with Crippen molar-refractivity contribution in [3.8, 4) is 5.75 Å². The molecule has 1 saturated heterocycles. The van der Waals surface area contributed by atoms with Crippen LogP contribution in [-0.4, -0.2) is 36.9 Å². The number of hydrogen-bond acceptors (Lipinski definition) is 4. The monoisotopic (exact) mass is 404 g/mol. The number of carbonyl (C=O) groups is 2. The number of nitrogens with one attached hydrogen (secondary N) is 1. The van der Waals surface area contributed by atoms with Gasteiger partial charge >= 0.3 is 0 Å². The molecule has 2 unspecified atom stereocenters. The second-order valence-corrected chi connectivity index (χ2v) is 7.48. The van der Waals surface area contributed by atoms with Crippen molar-refractivity contribution in [3.05, 3.63) is 84.3 Å². The molecule has 1 aliphatic rings. The van der Waals surface area contributed by atoms with Gasteiger partial charge in [0.2, 0.25) is 5.91 Å². The summed E-state index contributed by atoms with van der Waals surface area (Å²) in [7, 11) is 1.59. The number of amides is 2. The van der Waals surface area contributed by atoms with Crippen LogP contribution in [0.2, 0.25) is 0 Å². The van der Waals surface area contributed by atoms with E-state index in [0.717, 1.165) is 5.56 Å². The number of likely N-dealkylation sites (tertiary alicyclic amines) is 1. The van der Waals surface area contributed by atoms with Crippen LogP contribution in [0.5, 0.6) is 5.75 Å². The fourth-order valence-corrected chi connectivity index (χ4v) is 3.94. The minimum absolute atomic E-state index is 0.0804. The highest BCUT2D eigenvalue weighted by Gasteiger charge is 2.35. The molecule has 0 bridgehead atoms. The molecule has 0 saturated carbocycles. The number of methoxy groups -OCH3 is 1. The average Bonchev–Trinajstić information content (AvgIpc) is 3.34. The lowest BCUT2D eigenvalue weighted by atomic mass is 9.83. The van der Waals surface area contributed by atoms with Gasteiger partial charge in [-0.1, -0.05) is 36.4 Å². The van der Waals surface area contributed by atoms with Crippen molar-refractivity contribution in [2.24, 2.45) is 5.92 Å². The van der Waals surface area contributed by atoms with Gasteiger partial charge in [-0.2, -0.15) is 0 Å². The Morgan fingerprint density at radius 3 is 2.63 bits per heavy atom. The Labute approximate surface area is 175 Å². The number of nitrogens with zero attached hydrogens (tertiary/aromatic N) is 1. The first-order chi connectivity index (χ1) is 14.6. The molecule has 2 amide bonds. The molecule has 0 radical (unpaired) electrons. The first-order valence-corrected chi connectivity index (χ1v) is 9.95. The topological polar surface area (TPSA) is 71.8 Å². The predicted molar refractivity (Wildman–Crippen MR) is 114 cm³/mol. The molecule has 2 atom stereocenters. The molecule has 3 aromatic rings. The normalized spacial score (nSPS) is 18.6. The van der Waals surface area contributed by atoms with Gasteiger partial charge in [0.1, 0.15) is 12.0 Å². The van der Waals surface area contributed by atoms with Gasteiger partial charge in [0, 0.05) is 30.8 Å². The van der Waals surface area contributed by atoms with Gasteiger partial charge in [-0.3, -0.25) is 9.59 Å². The zero-order chi connectivity index (χ0) is 20.9. The molecular formula is C24H24N2O4. The van der Waals surface area contributed by atoms with Crippen LogP contribution < -0.4 is 10.1 Å². The highest BCUT2D eigenvalue weighted by molar-refractivity contribution is 5.96. The molecule has 6 nitrogen and oxygen atoms in total. The molecule has 2 aromatic carbocycles. The summed E-state index contributed by atoms with van der Waals surface area (Å²) >= 11 is 0. The van der Waals surface area contributed by atoms with Crippen LogP contribution in [0.25, 0.3) is 0 Å². The van der Waals surface area contributed by atoms with Crippen molar-refractivity contribution in [1.29, 1.82) is 0 Å². The number of carbonyl (C=O) groups excluding carboxylic acids is 2. The SMILES string of the molecule is COc1cccc(NC(=O)C2CC(c3ccccc3)CN(C(=O)c3ccoc3)C2)c1. The van der Waals surface area contributed by atoms with Crippen LogP contribution in [-0.2, 0) is 4.79 Å². The van der Waals surface area contributed by atoms with Crippen LogP contribution in [0.3, 0.4) is 0 Å². The van der Waals surface area contributed by atoms with E-state index in [-0.39, 0.29) is 23.7 Å². The molecule has 6 heteroatoms. The van der Waals surface area contributed by atoms with Crippen molar-refractivity contribution in [2.45, 2.75) is 12.3 Å². The standard InChI is InChI=1S/C24H24N2O4/c1-29-22-9-5-8-21(13-22)25-23(27)20-12-19(17-6-3-2-4-7-17)14-26(15-20)24(28)18-10-11-30-16-18/h2-11,13,16,19-20H,12,14-15H2,1H3,(H,25,27). The third kappa shape index (κ3) is 4.38. The highest BCUT2D eigenvalue weighted by Crippen LogP contribution is 2.32. The van der Waals surface area contributed by atoms with Crippen LogP contribution in [0.1, 0.15) is 28.3 Å². The van der Waals surface area contributed by atoms with E-state index in [1.807, 2.05) is 48.5 Å². The molecular weight excluding hydrogens is 380 g/mol. The smallest absolute Gasteiger partial charge is 0.257 e. The van der Waals surface area contributed by atoms with E-state index < -0.39 is 0 Å². The first kappa shape index (κ1) is 19.8. The summed E-state index contributed by atoms with van der Waals surface area (Å²) in [5.41, 5.74) is 2.30. The zero-order valence-corrected chi connectivity index (χ0v) is 16.8. The Morgan fingerprint density at radius 1 is 1.07 bits per heavy atom. The molecule has 154 valence electrons. The molecule has 0 aliphatic carbocycles. The molecule has 2 heterocycles. The largest absolute Gasteiger partial charge is 0.497 e. The molecule has 1 aromatic heterocycles. The van der Waals surface area contributed by atoms with E-state index in [0.29, 0.717) is 36.5 Å². The summed E-state index contributed by atoms with van der Waals surface area (Å²) < 4.78 is 10.3. The van der Waals surface area contributed by atoms with Gasteiger partial charge in [-0.05, 0) is 30.2 Å². The Morgan fingerprint density at radius 2 is 1.90 bits per heavy atom. The number of furan rings is 1. The van der Waals surface area contributed by atoms with Crippen molar-refractivity contribution < 1.29 is 18.7 Å². The zero-order valence-electron chi connectivity index (χ0n) is 16.8. The quantitative estimate of drug-likeness (QED) is 0.693. The Balaban J connectivity index is 1.55. The van der Waals surface area contributed by atoms with E-state index in [1.54, 1.807) is 24.1 Å². The van der Waals surface area contributed by atoms with Crippen molar-refractivity contribution in [2.75, 3.05) is 25.5 Å². The van der Waals surface area contributed by atoms with Crippen LogP contribution >= 0.6 is 0 Å². The van der Waals surface area contributed by atoms with Crippen molar-refractivity contribution in [1.82, 2.24) is 4.90 Å². The van der Waals surface area contributed by atoms with E-state index in [1.165, 1.54) is 12.5 Å². The second-order valence-electron chi connectivity index (χ2n) is 7.48. The lowest BCUT2D eigenvalue weighted by molar-refractivity contribution is -0.121. The Kier molecular flexibility index (Phi) is 5.84. The van der Waals surface area contributed by atoms with Gasteiger partial charge in [-0.25, -0.2) is 0 Å². The van der Waals surface area contributed by atoms with Gasteiger partial charge < -0.3 is 19.4 Å². The maximum Gasteiger partial charge on any atom is 0.257 e. The fraction of sp³-hybridized carbons (Fsp3) is 0.250. The lowest BCUT2D eigenvalue weighted by Crippen LogP contribution is -2.46. The Bertz CT molecular complexity index is 1000. The predicted octanol–water partition coefficient (Wildman–Crippen LogP) is 4.17. The molecule has 1 N–H and O–H groups in total. The third-order valence-electron chi connectivity index (χ3n) is 5.48. The Hall–Kier alpha value is -3.54. The maximum atomic E-state index is 13.1. The second kappa shape index (κ2) is 8.86. The minimum atomic E-state index is -0.328. The molecule has 1 fully saturated rings. The number of piperidine rings is 1.